The summed E-state index contributed by atoms with van der Waals surface area (Å²) in [6.07, 6.45) is 5.99. The molecule has 0 saturated carbocycles. The second-order valence-electron chi connectivity index (χ2n) is 8.28. The van der Waals surface area contributed by atoms with Gasteiger partial charge in [0.15, 0.2) is 5.58 Å². The van der Waals surface area contributed by atoms with Crippen LogP contribution in [0.2, 0.25) is 0 Å². The van der Waals surface area contributed by atoms with Gasteiger partial charge in [0.2, 0.25) is 0 Å². The number of aromatic nitrogens is 1. The predicted molar refractivity (Wildman–Crippen MR) is 108 cm³/mol. The number of amides is 1. The molecule has 3 N–H and O–H groups in total. The number of carbonyl (C=O) groups excluding carboxylic acids is 1. The van der Waals surface area contributed by atoms with Gasteiger partial charge in [0.1, 0.15) is 5.52 Å². The number of aliphatic hydroxyl groups is 1. The summed E-state index contributed by atoms with van der Waals surface area (Å²) >= 11 is 0. The lowest BCUT2D eigenvalue weighted by molar-refractivity contribution is 0.0463. The molecule has 2 saturated heterocycles. The number of nitrogens with zero attached hydrogens (tertiary/aromatic N) is 2. The SMILES string of the molecule is CC(O)CCNc1nc2c(C(=O)NC3CC4CCCC(C3)N4C)cccc2o1. The minimum Gasteiger partial charge on any atom is -0.424 e. The van der Waals surface area contributed by atoms with Crippen LogP contribution in [0, 0.1) is 0 Å². The van der Waals surface area contributed by atoms with Gasteiger partial charge in [0, 0.05) is 24.7 Å². The van der Waals surface area contributed by atoms with Crippen molar-refractivity contribution in [3.05, 3.63) is 23.8 Å². The van der Waals surface area contributed by atoms with Gasteiger partial charge >= 0.3 is 0 Å². The summed E-state index contributed by atoms with van der Waals surface area (Å²) < 4.78 is 5.71. The monoisotopic (exact) mass is 386 g/mol. The average molecular weight is 386 g/mol. The topological polar surface area (TPSA) is 90.6 Å². The van der Waals surface area contributed by atoms with E-state index in [1.54, 1.807) is 13.0 Å². The third kappa shape index (κ3) is 4.00. The Morgan fingerprint density at radius 3 is 2.82 bits per heavy atom. The van der Waals surface area contributed by atoms with E-state index in [9.17, 15) is 9.90 Å². The molecular formula is C21H30N4O3. The first-order valence-electron chi connectivity index (χ1n) is 10.4. The number of carbonyl (C=O) groups is 1. The first kappa shape index (κ1) is 19.2. The molecule has 7 nitrogen and oxygen atoms in total. The lowest BCUT2D eigenvalue weighted by Gasteiger charge is -2.47. The van der Waals surface area contributed by atoms with E-state index in [-0.39, 0.29) is 18.1 Å². The lowest BCUT2D eigenvalue weighted by atomic mass is 9.82. The summed E-state index contributed by atoms with van der Waals surface area (Å²) in [5.74, 6) is -0.0814. The normalized spacial score (nSPS) is 26.2. The molecule has 4 rings (SSSR count). The van der Waals surface area contributed by atoms with Gasteiger partial charge in [-0.3, -0.25) is 4.79 Å². The Bertz CT molecular complexity index is 820. The van der Waals surface area contributed by atoms with Gasteiger partial charge in [-0.1, -0.05) is 12.5 Å². The van der Waals surface area contributed by atoms with Crippen LogP contribution in [-0.4, -0.2) is 58.7 Å². The minimum absolute atomic E-state index is 0.0814. The van der Waals surface area contributed by atoms with E-state index < -0.39 is 0 Å². The number of fused-ring (bicyclic) bond motifs is 3. The Balaban J connectivity index is 1.46. The van der Waals surface area contributed by atoms with Gasteiger partial charge in [-0.15, -0.1) is 0 Å². The van der Waals surface area contributed by atoms with Crippen molar-refractivity contribution < 1.29 is 14.3 Å². The molecule has 2 bridgehead atoms. The van der Waals surface area contributed by atoms with E-state index in [1.165, 1.54) is 19.3 Å². The van der Waals surface area contributed by atoms with Crippen LogP contribution in [0.4, 0.5) is 6.01 Å². The minimum atomic E-state index is -0.382. The molecule has 0 aliphatic carbocycles. The molecule has 1 aromatic carbocycles. The zero-order valence-corrected chi connectivity index (χ0v) is 16.6. The van der Waals surface area contributed by atoms with Crippen LogP contribution in [0.5, 0.6) is 0 Å². The molecule has 7 heteroatoms. The number of hydrogen-bond donors (Lipinski definition) is 3. The molecule has 1 amide bonds. The number of piperidine rings is 2. The highest BCUT2D eigenvalue weighted by molar-refractivity contribution is 6.04. The fourth-order valence-corrected chi connectivity index (χ4v) is 4.59. The number of nitrogens with one attached hydrogen (secondary N) is 2. The molecule has 2 fully saturated rings. The fourth-order valence-electron chi connectivity index (χ4n) is 4.59. The van der Waals surface area contributed by atoms with E-state index in [1.807, 2.05) is 12.1 Å². The molecule has 2 aliphatic heterocycles. The lowest BCUT2D eigenvalue weighted by Crippen LogP contribution is -2.55. The van der Waals surface area contributed by atoms with E-state index in [4.69, 9.17) is 4.42 Å². The Morgan fingerprint density at radius 2 is 2.11 bits per heavy atom. The second kappa shape index (κ2) is 8.09. The van der Waals surface area contributed by atoms with Crippen LogP contribution < -0.4 is 10.6 Å². The summed E-state index contributed by atoms with van der Waals surface area (Å²) in [5.41, 5.74) is 1.72. The molecule has 2 aromatic rings. The Kier molecular flexibility index (Phi) is 5.55. The number of oxazole rings is 1. The molecule has 0 radical (unpaired) electrons. The fraction of sp³-hybridized carbons (Fsp3) is 0.619. The summed E-state index contributed by atoms with van der Waals surface area (Å²) in [7, 11) is 2.22. The molecule has 1 aromatic heterocycles. The maximum Gasteiger partial charge on any atom is 0.295 e. The standard InChI is InChI=1S/C21H30N4O3/c1-13(26)9-10-22-21-24-19-17(7-4-8-18(19)28-21)20(27)23-14-11-15-5-3-6-16(12-14)25(15)2/h4,7-8,13-16,26H,3,5-6,9-12H2,1-2H3,(H,22,24)(H,23,27). The van der Waals surface area contributed by atoms with Gasteiger partial charge in [-0.05, 0) is 58.2 Å². The van der Waals surface area contributed by atoms with Gasteiger partial charge in [-0.25, -0.2) is 0 Å². The number of aliphatic hydroxyl groups excluding tert-OH is 1. The predicted octanol–water partition coefficient (Wildman–Crippen LogP) is 2.76. The summed E-state index contributed by atoms with van der Waals surface area (Å²) in [5, 5.41) is 15.7. The first-order valence-corrected chi connectivity index (χ1v) is 10.4. The molecule has 3 atom stereocenters. The van der Waals surface area contributed by atoms with Gasteiger partial charge in [0.25, 0.3) is 11.9 Å². The first-order chi connectivity index (χ1) is 13.5. The van der Waals surface area contributed by atoms with Crippen molar-refractivity contribution in [1.29, 1.82) is 0 Å². The number of para-hydroxylation sites is 1. The maximum absolute atomic E-state index is 13.0. The number of anilines is 1. The van der Waals surface area contributed by atoms with Crippen molar-refractivity contribution >= 4 is 23.0 Å². The van der Waals surface area contributed by atoms with Crippen LogP contribution in [0.1, 0.15) is 55.8 Å². The molecule has 0 spiro atoms. The highest BCUT2D eigenvalue weighted by Gasteiger charge is 2.36. The Morgan fingerprint density at radius 1 is 1.36 bits per heavy atom. The van der Waals surface area contributed by atoms with E-state index >= 15 is 0 Å². The van der Waals surface area contributed by atoms with Crippen molar-refractivity contribution in [3.8, 4) is 0 Å². The molecule has 2 aliphatic rings. The van der Waals surface area contributed by atoms with E-state index in [0.29, 0.717) is 47.7 Å². The van der Waals surface area contributed by atoms with Crippen molar-refractivity contribution in [2.45, 2.75) is 69.7 Å². The highest BCUT2D eigenvalue weighted by Crippen LogP contribution is 2.33. The van der Waals surface area contributed by atoms with Crippen LogP contribution in [0.25, 0.3) is 11.1 Å². The van der Waals surface area contributed by atoms with Crippen LogP contribution in [-0.2, 0) is 0 Å². The Hall–Kier alpha value is -2.12. The number of rotatable bonds is 6. The van der Waals surface area contributed by atoms with E-state index in [2.05, 4.69) is 27.6 Å². The summed E-state index contributed by atoms with van der Waals surface area (Å²) in [4.78, 5) is 19.9. The Labute approximate surface area is 165 Å². The van der Waals surface area contributed by atoms with Crippen LogP contribution in [0.15, 0.2) is 22.6 Å². The van der Waals surface area contributed by atoms with Gasteiger partial charge < -0.3 is 25.1 Å². The quantitative estimate of drug-likeness (QED) is 0.707. The smallest absolute Gasteiger partial charge is 0.295 e. The molecule has 3 heterocycles. The van der Waals surface area contributed by atoms with E-state index in [0.717, 1.165) is 12.8 Å². The number of hydrogen-bond acceptors (Lipinski definition) is 6. The maximum atomic E-state index is 13.0. The van der Waals surface area contributed by atoms with Crippen molar-refractivity contribution in [2.24, 2.45) is 0 Å². The third-order valence-electron chi connectivity index (χ3n) is 6.18. The average Bonchev–Trinajstić information content (AvgIpc) is 3.05. The van der Waals surface area contributed by atoms with Crippen LogP contribution >= 0.6 is 0 Å². The van der Waals surface area contributed by atoms with Gasteiger partial charge in [0.05, 0.1) is 11.7 Å². The summed E-state index contributed by atoms with van der Waals surface area (Å²) in [6.45, 7) is 2.30. The zero-order valence-electron chi connectivity index (χ0n) is 16.6. The van der Waals surface area contributed by atoms with Crippen molar-refractivity contribution in [2.75, 3.05) is 18.9 Å². The van der Waals surface area contributed by atoms with Crippen molar-refractivity contribution in [3.63, 3.8) is 0 Å². The second-order valence-corrected chi connectivity index (χ2v) is 8.28. The molecule has 152 valence electrons. The molecule has 28 heavy (non-hydrogen) atoms. The molecular weight excluding hydrogens is 356 g/mol. The van der Waals surface area contributed by atoms with Crippen LogP contribution in [0.3, 0.4) is 0 Å². The zero-order chi connectivity index (χ0) is 19.7. The summed E-state index contributed by atoms with van der Waals surface area (Å²) in [6, 6.07) is 7.19. The highest BCUT2D eigenvalue weighted by atomic mass is 16.4. The van der Waals surface area contributed by atoms with Crippen molar-refractivity contribution in [1.82, 2.24) is 15.2 Å². The van der Waals surface area contributed by atoms with Gasteiger partial charge in [-0.2, -0.15) is 4.98 Å². The molecule has 3 unspecified atom stereocenters. The third-order valence-corrected chi connectivity index (χ3v) is 6.18. The largest absolute Gasteiger partial charge is 0.424 e. The number of benzene rings is 1.